The Morgan fingerprint density at radius 3 is 2.65 bits per heavy atom. The molecule has 2 fully saturated rings. The Morgan fingerprint density at radius 2 is 2.00 bits per heavy atom. The number of halogens is 1. The molecule has 0 aromatic carbocycles. The van der Waals surface area contributed by atoms with Crippen LogP contribution < -0.4 is 0 Å². The fourth-order valence-corrected chi connectivity index (χ4v) is 7.73. The van der Waals surface area contributed by atoms with Gasteiger partial charge in [-0.3, -0.25) is 14.4 Å². The number of ketones is 2. The van der Waals surface area contributed by atoms with Gasteiger partial charge < -0.3 is 14.9 Å². The Kier molecular flexibility index (Phi) is 5.12. The Balaban J connectivity index is 1.79. The fraction of sp³-hybridized carbons (Fsp3) is 0.708. The molecule has 31 heavy (non-hydrogen) atoms. The highest BCUT2D eigenvalue weighted by Crippen LogP contribution is 2.70. The zero-order valence-electron chi connectivity index (χ0n) is 18.5. The van der Waals surface area contributed by atoms with Crippen LogP contribution in [0.1, 0.15) is 53.4 Å². The topological polar surface area (TPSA) is 101 Å². The maximum absolute atomic E-state index is 13.1. The van der Waals surface area contributed by atoms with Crippen molar-refractivity contribution in [2.24, 2.45) is 28.6 Å². The van der Waals surface area contributed by atoms with Crippen molar-refractivity contribution in [1.29, 1.82) is 0 Å². The molecule has 4 rings (SSSR count). The smallest absolute Gasteiger partial charge is 0.303 e. The van der Waals surface area contributed by atoms with E-state index in [0.29, 0.717) is 19.3 Å². The van der Waals surface area contributed by atoms with Gasteiger partial charge in [0.05, 0.1) is 11.0 Å². The largest absolute Gasteiger partial charge is 0.458 e. The predicted molar refractivity (Wildman–Crippen MR) is 114 cm³/mol. The molecule has 7 heteroatoms. The maximum atomic E-state index is 13.1. The minimum atomic E-state index is -1.74. The molecule has 0 amide bonds. The second-order valence-electron chi connectivity index (χ2n) is 10.4. The third kappa shape index (κ3) is 2.74. The highest BCUT2D eigenvalue weighted by Gasteiger charge is 2.74. The average Bonchev–Trinajstić information content (AvgIpc) is 2.89. The lowest BCUT2D eigenvalue weighted by molar-refractivity contribution is -0.179. The van der Waals surface area contributed by atoms with Crippen molar-refractivity contribution >= 4 is 29.1 Å². The monoisotopic (exact) mass is 450 g/mol. The van der Waals surface area contributed by atoms with E-state index in [-0.39, 0.29) is 30.0 Å². The summed E-state index contributed by atoms with van der Waals surface area (Å²) in [5, 5.41) is 23.2. The summed E-state index contributed by atoms with van der Waals surface area (Å²) in [5.41, 5.74) is -2.42. The first-order valence-electron chi connectivity index (χ1n) is 11.0. The van der Waals surface area contributed by atoms with Crippen LogP contribution >= 0.6 is 11.6 Å². The van der Waals surface area contributed by atoms with Crippen LogP contribution in [0, 0.1) is 28.6 Å². The quantitative estimate of drug-likeness (QED) is 0.506. The van der Waals surface area contributed by atoms with Crippen LogP contribution in [-0.4, -0.2) is 50.9 Å². The molecule has 170 valence electrons. The number of hydrogen-bond donors (Lipinski definition) is 2. The summed E-state index contributed by atoms with van der Waals surface area (Å²) in [7, 11) is 0. The van der Waals surface area contributed by atoms with E-state index >= 15 is 0 Å². The molecule has 2 unspecified atom stereocenters. The van der Waals surface area contributed by atoms with Gasteiger partial charge in [0.25, 0.3) is 0 Å². The van der Waals surface area contributed by atoms with Crippen molar-refractivity contribution in [2.45, 2.75) is 70.0 Å². The Bertz CT molecular complexity index is 910. The van der Waals surface area contributed by atoms with Crippen molar-refractivity contribution in [1.82, 2.24) is 0 Å². The van der Waals surface area contributed by atoms with Crippen LogP contribution in [0.25, 0.3) is 0 Å². The van der Waals surface area contributed by atoms with Crippen LogP contribution in [-0.2, 0) is 19.1 Å². The van der Waals surface area contributed by atoms with Gasteiger partial charge in [0.2, 0.25) is 5.78 Å². The summed E-state index contributed by atoms with van der Waals surface area (Å²) in [4.78, 5) is 35.3. The van der Waals surface area contributed by atoms with Crippen LogP contribution in [0.2, 0.25) is 0 Å². The van der Waals surface area contributed by atoms with Crippen molar-refractivity contribution in [2.75, 3.05) is 6.61 Å². The molecule has 8 atom stereocenters. The lowest BCUT2D eigenvalue weighted by Crippen LogP contribution is -2.68. The number of carbonyl (C=O) groups is 3. The van der Waals surface area contributed by atoms with Crippen molar-refractivity contribution in [3.8, 4) is 0 Å². The van der Waals surface area contributed by atoms with Gasteiger partial charge in [0.1, 0.15) is 5.60 Å². The molecule has 4 aliphatic rings. The van der Waals surface area contributed by atoms with E-state index in [0.717, 1.165) is 5.57 Å². The summed E-state index contributed by atoms with van der Waals surface area (Å²) in [6, 6.07) is 0. The highest BCUT2D eigenvalue weighted by molar-refractivity contribution is 6.26. The molecule has 6 nitrogen and oxygen atoms in total. The van der Waals surface area contributed by atoms with Gasteiger partial charge in [0.15, 0.2) is 12.4 Å². The van der Waals surface area contributed by atoms with Crippen molar-refractivity contribution in [3.63, 3.8) is 0 Å². The molecule has 0 aromatic rings. The fourth-order valence-electron chi connectivity index (χ4n) is 7.23. The number of alkyl halides is 1. The minimum Gasteiger partial charge on any atom is -0.458 e. The zero-order valence-corrected chi connectivity index (χ0v) is 19.2. The molecule has 0 saturated heterocycles. The molecule has 0 spiro atoms. The van der Waals surface area contributed by atoms with Gasteiger partial charge >= 0.3 is 5.97 Å². The van der Waals surface area contributed by atoms with Gasteiger partial charge in [0, 0.05) is 30.1 Å². The summed E-state index contributed by atoms with van der Waals surface area (Å²) < 4.78 is 4.91. The first-order chi connectivity index (χ1) is 14.3. The van der Waals surface area contributed by atoms with E-state index in [1.807, 2.05) is 32.9 Å². The molecule has 0 heterocycles. The van der Waals surface area contributed by atoms with E-state index in [4.69, 9.17) is 16.3 Å². The van der Waals surface area contributed by atoms with Gasteiger partial charge in [-0.15, -0.1) is 11.6 Å². The van der Waals surface area contributed by atoms with E-state index in [1.165, 1.54) is 6.92 Å². The average molecular weight is 451 g/mol. The third-order valence-electron chi connectivity index (χ3n) is 9.02. The van der Waals surface area contributed by atoms with E-state index < -0.39 is 45.8 Å². The number of aliphatic hydroxyl groups is 2. The zero-order chi connectivity index (χ0) is 23.0. The van der Waals surface area contributed by atoms with Gasteiger partial charge in [-0.2, -0.15) is 0 Å². The van der Waals surface area contributed by atoms with E-state index in [2.05, 4.69) is 0 Å². The predicted octanol–water partition coefficient (Wildman–Crippen LogP) is 2.74. The molecule has 2 saturated carbocycles. The number of carbonyl (C=O) groups excluding carboxylic acids is 3. The second kappa shape index (κ2) is 7.00. The van der Waals surface area contributed by atoms with Crippen LogP contribution in [0.5, 0.6) is 0 Å². The Morgan fingerprint density at radius 1 is 1.32 bits per heavy atom. The Hall–Kier alpha value is -1.50. The molecule has 0 radical (unpaired) electrons. The summed E-state index contributed by atoms with van der Waals surface area (Å²) in [6.07, 6.45) is 6.17. The number of hydrogen-bond acceptors (Lipinski definition) is 6. The number of esters is 1. The molecule has 0 aromatic heterocycles. The van der Waals surface area contributed by atoms with Gasteiger partial charge in [-0.1, -0.05) is 32.9 Å². The number of allylic oxidation sites excluding steroid dienone is 4. The maximum Gasteiger partial charge on any atom is 0.303 e. The highest BCUT2D eigenvalue weighted by atomic mass is 35.5. The SMILES string of the molecule is CC(=O)OCC(=O)[C@@]1(O)C(C)C[C@H]2[C@@H]3C=CC4=CC(=O)CC[C@]4(C)[C@@]3(Cl)C(O)C[C@@]21C. The minimum absolute atomic E-state index is 0.0610. The van der Waals surface area contributed by atoms with Crippen LogP contribution in [0.3, 0.4) is 0 Å². The molecule has 0 aliphatic heterocycles. The van der Waals surface area contributed by atoms with Crippen molar-refractivity contribution < 1.29 is 29.3 Å². The summed E-state index contributed by atoms with van der Waals surface area (Å²) in [5.74, 6) is -1.88. The van der Waals surface area contributed by atoms with Crippen molar-refractivity contribution in [3.05, 3.63) is 23.8 Å². The first kappa shape index (κ1) is 22.7. The third-order valence-corrected chi connectivity index (χ3v) is 9.94. The number of rotatable bonds is 3. The second-order valence-corrected chi connectivity index (χ2v) is 11.0. The standard InChI is InChI=1S/C24H31ClO6/c1-13-9-18-17-6-5-15-10-16(27)7-8-21(15,3)23(17,25)19(28)11-22(18,4)24(13,30)20(29)12-31-14(2)26/h5-6,10,13,17-19,28,30H,7-9,11-12H2,1-4H3/t13?,17-,18-,19?,21-,22-,23-,24-/m0/s1. The lowest BCUT2D eigenvalue weighted by Gasteiger charge is -2.63. The van der Waals surface area contributed by atoms with Crippen LogP contribution in [0.4, 0.5) is 0 Å². The van der Waals surface area contributed by atoms with Crippen LogP contribution in [0.15, 0.2) is 23.8 Å². The first-order valence-corrected chi connectivity index (χ1v) is 11.4. The molecule has 2 N–H and O–H groups in total. The molecular weight excluding hydrogens is 420 g/mol. The normalized spacial score (nSPS) is 48.4. The van der Waals surface area contributed by atoms with E-state index in [1.54, 1.807) is 6.08 Å². The Labute approximate surface area is 187 Å². The number of fused-ring (bicyclic) bond motifs is 5. The van der Waals surface area contributed by atoms with E-state index in [9.17, 15) is 24.6 Å². The number of Topliss-reactive ketones (excluding diaryl/α,β-unsaturated/α-hetero) is 1. The number of ether oxygens (including phenoxy) is 1. The summed E-state index contributed by atoms with van der Waals surface area (Å²) in [6.45, 7) is 6.42. The molecule has 0 bridgehead atoms. The summed E-state index contributed by atoms with van der Waals surface area (Å²) >= 11 is 7.35. The molecule has 4 aliphatic carbocycles. The lowest BCUT2D eigenvalue weighted by atomic mass is 9.46. The van der Waals surface area contributed by atoms with Gasteiger partial charge in [-0.25, -0.2) is 0 Å². The molecular formula is C24H31ClO6. The van der Waals surface area contributed by atoms with Gasteiger partial charge in [-0.05, 0) is 42.7 Å². The number of aliphatic hydroxyl groups excluding tert-OH is 1.